The molecule has 2 aliphatic rings. The second-order valence-electron chi connectivity index (χ2n) is 5.39. The maximum atomic E-state index is 12.2. The number of allylic oxidation sites excluding steroid dienone is 1. The highest BCUT2D eigenvalue weighted by molar-refractivity contribution is 7.99. The Bertz CT molecular complexity index is 341. The third-order valence-corrected chi connectivity index (χ3v) is 4.67. The molecule has 0 bridgehead atoms. The van der Waals surface area contributed by atoms with Crippen LogP contribution in [0.25, 0.3) is 0 Å². The van der Waals surface area contributed by atoms with Crippen LogP contribution in [0.2, 0.25) is 0 Å². The number of hydrogen-bond donors (Lipinski definition) is 0. The minimum atomic E-state index is -4.54. The van der Waals surface area contributed by atoms with Crippen LogP contribution in [0.1, 0.15) is 25.7 Å². The van der Waals surface area contributed by atoms with Gasteiger partial charge in [-0.25, -0.2) is 0 Å². The first-order valence-corrected chi connectivity index (χ1v) is 8.44. The van der Waals surface area contributed by atoms with Crippen LogP contribution in [0.15, 0.2) is 12.2 Å². The maximum absolute atomic E-state index is 12.2. The first-order valence-electron chi connectivity index (χ1n) is 7.15. The van der Waals surface area contributed by atoms with Gasteiger partial charge in [0, 0.05) is 0 Å². The molecule has 0 aromatic rings. The Labute approximate surface area is 127 Å². The van der Waals surface area contributed by atoms with Crippen LogP contribution in [-0.2, 0) is 14.2 Å². The molecule has 21 heavy (non-hydrogen) atoms. The zero-order valence-corrected chi connectivity index (χ0v) is 12.8. The van der Waals surface area contributed by atoms with E-state index in [1.54, 1.807) is 11.8 Å². The molecular formula is C14H21F3O3S. The van der Waals surface area contributed by atoms with Gasteiger partial charge in [-0.2, -0.15) is 11.8 Å². The van der Waals surface area contributed by atoms with Gasteiger partial charge in [-0.1, -0.05) is 12.5 Å². The zero-order chi connectivity index (χ0) is 15.3. The summed E-state index contributed by atoms with van der Waals surface area (Å²) >= 11 is 1.70. The molecule has 1 saturated heterocycles. The van der Waals surface area contributed by atoms with E-state index >= 15 is 0 Å². The van der Waals surface area contributed by atoms with E-state index in [1.807, 2.05) is 18.4 Å². The lowest BCUT2D eigenvalue weighted by molar-refractivity contribution is -0.346. The molecule has 1 saturated carbocycles. The molecule has 1 heterocycles. The molecule has 1 aliphatic carbocycles. The van der Waals surface area contributed by atoms with Crippen molar-refractivity contribution in [2.45, 2.75) is 49.7 Å². The van der Waals surface area contributed by atoms with Gasteiger partial charge in [0.05, 0.1) is 24.6 Å². The minimum absolute atomic E-state index is 0.0940. The second-order valence-corrected chi connectivity index (χ2v) is 6.53. The molecule has 0 radical (unpaired) electrons. The van der Waals surface area contributed by atoms with Crippen molar-refractivity contribution in [2.75, 3.05) is 19.5 Å². The minimum Gasteiger partial charge on any atom is -0.348 e. The summed E-state index contributed by atoms with van der Waals surface area (Å²) in [4.78, 5) is 0. The fraction of sp³-hybridized carbons (Fsp3) is 0.857. The second kappa shape index (κ2) is 7.85. The topological polar surface area (TPSA) is 27.7 Å². The molecule has 0 spiro atoms. The van der Waals surface area contributed by atoms with Gasteiger partial charge >= 0.3 is 6.36 Å². The highest BCUT2D eigenvalue weighted by Gasteiger charge is 2.35. The van der Waals surface area contributed by atoms with Crippen molar-refractivity contribution >= 4 is 11.8 Å². The number of hydrogen-bond acceptors (Lipinski definition) is 4. The summed E-state index contributed by atoms with van der Waals surface area (Å²) in [7, 11) is 0. The fourth-order valence-electron chi connectivity index (χ4n) is 2.65. The van der Waals surface area contributed by atoms with Gasteiger partial charge in [-0.05, 0) is 37.5 Å². The first-order chi connectivity index (χ1) is 9.96. The Hall–Kier alpha value is -0.240. The van der Waals surface area contributed by atoms with Crippen LogP contribution in [0, 0.1) is 5.92 Å². The highest BCUT2D eigenvalue weighted by Crippen LogP contribution is 2.32. The molecule has 122 valence electrons. The average Bonchev–Trinajstić information content (AvgIpc) is 2.44. The molecule has 2 rings (SSSR count). The number of halogens is 3. The van der Waals surface area contributed by atoms with Crippen LogP contribution in [-0.4, -0.2) is 43.5 Å². The van der Waals surface area contributed by atoms with E-state index in [0.717, 1.165) is 12.8 Å². The van der Waals surface area contributed by atoms with E-state index in [2.05, 4.69) is 4.74 Å². The Morgan fingerprint density at radius 3 is 2.48 bits per heavy atom. The maximum Gasteiger partial charge on any atom is 0.522 e. The highest BCUT2D eigenvalue weighted by atomic mass is 32.2. The van der Waals surface area contributed by atoms with Crippen molar-refractivity contribution in [2.24, 2.45) is 5.92 Å². The Morgan fingerprint density at radius 2 is 1.86 bits per heavy atom. The summed E-state index contributed by atoms with van der Waals surface area (Å²) in [5, 5.41) is 0.355. The van der Waals surface area contributed by atoms with Crippen molar-refractivity contribution in [3.63, 3.8) is 0 Å². The Balaban J connectivity index is 1.76. The molecule has 2 unspecified atom stereocenters. The van der Waals surface area contributed by atoms with E-state index in [9.17, 15) is 13.2 Å². The van der Waals surface area contributed by atoms with Crippen LogP contribution in [0.3, 0.4) is 0 Å². The van der Waals surface area contributed by atoms with Gasteiger partial charge in [0.2, 0.25) is 0 Å². The van der Waals surface area contributed by atoms with Crippen molar-refractivity contribution in [3.8, 4) is 0 Å². The number of ether oxygens (including phenoxy) is 3. The van der Waals surface area contributed by atoms with Crippen LogP contribution in [0.4, 0.5) is 13.2 Å². The number of alkyl halides is 3. The quantitative estimate of drug-likeness (QED) is 0.736. The van der Waals surface area contributed by atoms with E-state index in [-0.39, 0.29) is 12.2 Å². The van der Waals surface area contributed by atoms with Gasteiger partial charge in [-0.3, -0.25) is 4.74 Å². The third kappa shape index (κ3) is 6.18. The number of thioether (sulfide) groups is 1. The van der Waals surface area contributed by atoms with Gasteiger partial charge in [-0.15, -0.1) is 13.2 Å². The fourth-order valence-corrected chi connectivity index (χ4v) is 3.08. The predicted octanol–water partition coefficient (Wildman–Crippen LogP) is 3.74. The van der Waals surface area contributed by atoms with Crippen molar-refractivity contribution < 1.29 is 27.4 Å². The van der Waals surface area contributed by atoms with E-state index < -0.39 is 12.5 Å². The van der Waals surface area contributed by atoms with Gasteiger partial charge in [0.15, 0.2) is 6.29 Å². The summed E-state index contributed by atoms with van der Waals surface area (Å²) < 4.78 is 51.9. The largest absolute Gasteiger partial charge is 0.522 e. The van der Waals surface area contributed by atoms with Crippen molar-refractivity contribution in [1.82, 2.24) is 0 Å². The molecule has 0 amide bonds. The Morgan fingerprint density at radius 1 is 1.14 bits per heavy atom. The molecular weight excluding hydrogens is 305 g/mol. The lowest BCUT2D eigenvalue weighted by atomic mass is 9.87. The molecule has 0 aromatic carbocycles. The molecule has 2 atom stereocenters. The zero-order valence-electron chi connectivity index (χ0n) is 12.0. The molecule has 0 N–H and O–H groups in total. The predicted molar refractivity (Wildman–Crippen MR) is 75.0 cm³/mol. The monoisotopic (exact) mass is 326 g/mol. The first kappa shape index (κ1) is 17.1. The lowest BCUT2D eigenvalue weighted by Gasteiger charge is -2.29. The van der Waals surface area contributed by atoms with Gasteiger partial charge in [0.1, 0.15) is 0 Å². The SMILES string of the molecule is CSC1COC(/C=C/C2CCCC(OC(F)(F)F)C2)OC1. The molecule has 0 aromatic heterocycles. The summed E-state index contributed by atoms with van der Waals surface area (Å²) in [5.74, 6) is 0.0940. The summed E-state index contributed by atoms with van der Waals surface area (Å²) in [6.07, 6.45) is 2.58. The third-order valence-electron chi connectivity index (χ3n) is 3.73. The van der Waals surface area contributed by atoms with Crippen LogP contribution in [0.5, 0.6) is 0 Å². The van der Waals surface area contributed by atoms with E-state index in [0.29, 0.717) is 31.3 Å². The smallest absolute Gasteiger partial charge is 0.348 e. The van der Waals surface area contributed by atoms with Gasteiger partial charge < -0.3 is 9.47 Å². The van der Waals surface area contributed by atoms with Gasteiger partial charge in [0.25, 0.3) is 0 Å². The van der Waals surface area contributed by atoms with E-state index in [4.69, 9.17) is 9.47 Å². The normalized spacial score (nSPS) is 35.2. The molecule has 3 nitrogen and oxygen atoms in total. The molecule has 7 heteroatoms. The summed E-state index contributed by atoms with van der Waals surface area (Å²) in [6.45, 7) is 1.28. The number of rotatable bonds is 4. The summed E-state index contributed by atoms with van der Waals surface area (Å²) in [5.41, 5.74) is 0. The van der Waals surface area contributed by atoms with Crippen LogP contribution >= 0.6 is 11.8 Å². The van der Waals surface area contributed by atoms with Crippen molar-refractivity contribution in [3.05, 3.63) is 12.2 Å². The molecule has 2 fully saturated rings. The van der Waals surface area contributed by atoms with Crippen molar-refractivity contribution in [1.29, 1.82) is 0 Å². The lowest BCUT2D eigenvalue weighted by Crippen LogP contribution is -2.32. The Kier molecular flexibility index (Phi) is 6.40. The standard InChI is InChI=1S/C14H21F3O3S/c1-21-12-8-18-13(19-9-12)6-5-10-3-2-4-11(7-10)20-14(15,16)17/h5-6,10-13H,2-4,7-9H2,1H3/b6-5+. The average molecular weight is 326 g/mol. The van der Waals surface area contributed by atoms with E-state index in [1.165, 1.54) is 0 Å². The molecule has 1 aliphatic heterocycles. The summed E-state index contributed by atoms with van der Waals surface area (Å²) in [6, 6.07) is 0. The van der Waals surface area contributed by atoms with Crippen LogP contribution < -0.4 is 0 Å².